The number of aromatic nitrogens is 2. The molecular weight excluding hydrogens is 480 g/mol. The summed E-state index contributed by atoms with van der Waals surface area (Å²) in [5, 5.41) is 6.92. The van der Waals surface area contributed by atoms with E-state index in [2.05, 4.69) is 21.7 Å². The van der Waals surface area contributed by atoms with E-state index in [-0.39, 0.29) is 30.7 Å². The van der Waals surface area contributed by atoms with Gasteiger partial charge in [0.15, 0.2) is 0 Å². The van der Waals surface area contributed by atoms with Crippen LogP contribution in [0.25, 0.3) is 10.9 Å². The fourth-order valence-corrected chi connectivity index (χ4v) is 6.10. The number of amides is 2. The van der Waals surface area contributed by atoms with Crippen LogP contribution in [0.5, 0.6) is 0 Å². The van der Waals surface area contributed by atoms with Gasteiger partial charge in [-0.3, -0.25) is 14.4 Å². The molecule has 2 aliphatic rings. The highest BCUT2D eigenvalue weighted by molar-refractivity contribution is 6.06. The molecule has 1 unspecified atom stereocenters. The van der Waals surface area contributed by atoms with Crippen molar-refractivity contribution in [3.05, 3.63) is 88.2 Å². The summed E-state index contributed by atoms with van der Waals surface area (Å²) in [7, 11) is 1.37. The minimum Gasteiger partial charge on any atom is -0.469 e. The Labute approximate surface area is 220 Å². The van der Waals surface area contributed by atoms with Gasteiger partial charge in [-0.25, -0.2) is 4.98 Å². The smallest absolute Gasteiger partial charge is 0.310 e. The summed E-state index contributed by atoms with van der Waals surface area (Å²) in [6.07, 6.45) is 4.86. The Balaban J connectivity index is 1.24. The van der Waals surface area contributed by atoms with Gasteiger partial charge in [0, 0.05) is 34.5 Å². The molecule has 0 fully saturated rings. The Kier molecular flexibility index (Phi) is 5.56. The van der Waals surface area contributed by atoms with Crippen LogP contribution in [0.4, 0.5) is 11.5 Å². The molecule has 0 radical (unpaired) electrons. The first-order valence-electron chi connectivity index (χ1n) is 12.6. The number of pyridine rings is 1. The van der Waals surface area contributed by atoms with Crippen LogP contribution >= 0.6 is 0 Å². The maximum Gasteiger partial charge on any atom is 0.310 e. The van der Waals surface area contributed by atoms with Gasteiger partial charge in [0.05, 0.1) is 18.9 Å². The molecule has 2 amide bonds. The topological polar surface area (TPSA) is 102 Å². The molecule has 4 aromatic rings. The number of nitrogens with zero attached hydrogens (tertiary/aromatic N) is 2. The summed E-state index contributed by atoms with van der Waals surface area (Å²) in [5.74, 6) is 0.112. The second-order valence-corrected chi connectivity index (χ2v) is 10.3. The molecule has 8 nitrogen and oxygen atoms in total. The van der Waals surface area contributed by atoms with Gasteiger partial charge in [0.2, 0.25) is 11.8 Å². The highest BCUT2D eigenvalue weighted by Crippen LogP contribution is 2.46. The van der Waals surface area contributed by atoms with Crippen molar-refractivity contribution >= 4 is 40.2 Å². The van der Waals surface area contributed by atoms with Crippen LogP contribution in [0.3, 0.4) is 0 Å². The number of hydrogen-bond acceptors (Lipinski definition) is 5. The lowest BCUT2D eigenvalue weighted by Gasteiger charge is -2.20. The predicted molar refractivity (Wildman–Crippen MR) is 144 cm³/mol. The largest absolute Gasteiger partial charge is 0.469 e. The number of hydrogen-bond donors (Lipinski definition) is 2. The van der Waals surface area contributed by atoms with Gasteiger partial charge in [-0.05, 0) is 78.8 Å². The van der Waals surface area contributed by atoms with Gasteiger partial charge in [0.1, 0.15) is 12.4 Å². The minimum absolute atomic E-state index is 0.0270. The number of aryl methyl sites for hydroxylation is 2. The van der Waals surface area contributed by atoms with Crippen LogP contribution in [0.2, 0.25) is 0 Å². The SMILES string of the molecule is COC(=O)Cc1cn(CC(=O)Nc2ccc3c(c2)CC2(C3)C(=O)Nc3ncccc32)c2cc(C)cc(C)c12. The summed E-state index contributed by atoms with van der Waals surface area (Å²) < 4.78 is 6.76. The molecular formula is C30H28N4O4. The molecule has 192 valence electrons. The van der Waals surface area contributed by atoms with Crippen molar-refractivity contribution in [2.45, 2.75) is 45.1 Å². The Morgan fingerprint density at radius 2 is 1.95 bits per heavy atom. The molecule has 8 heteroatoms. The van der Waals surface area contributed by atoms with Crippen molar-refractivity contribution in [1.29, 1.82) is 0 Å². The number of ether oxygens (including phenoxy) is 1. The number of carbonyl (C=O) groups excluding carboxylic acids is 3. The zero-order valence-electron chi connectivity index (χ0n) is 21.6. The van der Waals surface area contributed by atoms with Gasteiger partial charge in [0.25, 0.3) is 0 Å². The van der Waals surface area contributed by atoms with Crippen LogP contribution in [0.1, 0.15) is 33.4 Å². The van der Waals surface area contributed by atoms with E-state index < -0.39 is 5.41 Å². The number of esters is 1. The molecule has 2 N–H and O–H groups in total. The van der Waals surface area contributed by atoms with Crippen molar-refractivity contribution in [3.63, 3.8) is 0 Å². The third-order valence-corrected chi connectivity index (χ3v) is 7.74. The lowest BCUT2D eigenvalue weighted by molar-refractivity contribution is -0.139. The summed E-state index contributed by atoms with van der Waals surface area (Å²) in [4.78, 5) is 42.5. The molecule has 0 bridgehead atoms. The molecule has 3 heterocycles. The van der Waals surface area contributed by atoms with Crippen molar-refractivity contribution in [1.82, 2.24) is 9.55 Å². The van der Waals surface area contributed by atoms with E-state index in [4.69, 9.17) is 4.74 Å². The Hall–Kier alpha value is -4.46. The standard InChI is InChI=1S/C30H28N4O4/c1-17-9-18(2)27-21(12-26(36)38-3)15-34(24(27)10-17)16-25(35)32-22-7-6-19-13-30(14-20(19)11-22)23-5-4-8-31-28(23)33-29(30)37/h4-11,15H,12-14,16H2,1-3H3,(H,32,35)(H,31,33,37). The average Bonchev–Trinajstić information content (AvgIpc) is 3.51. The zero-order valence-corrected chi connectivity index (χ0v) is 21.6. The lowest BCUT2D eigenvalue weighted by Crippen LogP contribution is -2.35. The van der Waals surface area contributed by atoms with Crippen LogP contribution in [0, 0.1) is 13.8 Å². The molecule has 1 aliphatic carbocycles. The summed E-state index contributed by atoms with van der Waals surface area (Å²) in [5.41, 5.74) is 7.01. The third-order valence-electron chi connectivity index (χ3n) is 7.74. The minimum atomic E-state index is -0.648. The zero-order chi connectivity index (χ0) is 26.6. The second kappa shape index (κ2) is 8.83. The molecule has 0 saturated heterocycles. The summed E-state index contributed by atoms with van der Waals surface area (Å²) >= 11 is 0. The van der Waals surface area contributed by atoms with E-state index in [9.17, 15) is 14.4 Å². The monoisotopic (exact) mass is 508 g/mol. The fourth-order valence-electron chi connectivity index (χ4n) is 6.10. The molecule has 1 atom stereocenters. The number of nitrogens with one attached hydrogen (secondary N) is 2. The molecule has 1 spiro atoms. The van der Waals surface area contributed by atoms with Gasteiger partial charge in [-0.2, -0.15) is 0 Å². The number of benzene rings is 2. The van der Waals surface area contributed by atoms with E-state index in [1.54, 1.807) is 6.20 Å². The number of fused-ring (bicyclic) bond motifs is 4. The Morgan fingerprint density at radius 1 is 1.13 bits per heavy atom. The molecule has 1 aliphatic heterocycles. The number of methoxy groups -OCH3 is 1. The van der Waals surface area contributed by atoms with E-state index in [0.717, 1.165) is 44.3 Å². The normalized spacial score (nSPS) is 17.4. The van der Waals surface area contributed by atoms with E-state index in [1.165, 1.54) is 7.11 Å². The molecule has 38 heavy (non-hydrogen) atoms. The van der Waals surface area contributed by atoms with Crippen molar-refractivity contribution < 1.29 is 19.1 Å². The highest BCUT2D eigenvalue weighted by atomic mass is 16.5. The molecule has 0 saturated carbocycles. The molecule has 2 aromatic carbocycles. The van der Waals surface area contributed by atoms with Crippen molar-refractivity contribution in [2.75, 3.05) is 17.7 Å². The maximum atomic E-state index is 13.2. The number of rotatable bonds is 5. The van der Waals surface area contributed by atoms with E-state index in [1.807, 2.05) is 61.0 Å². The van der Waals surface area contributed by atoms with Gasteiger partial charge in [-0.1, -0.05) is 18.2 Å². The average molecular weight is 509 g/mol. The third kappa shape index (κ3) is 3.84. The van der Waals surface area contributed by atoms with E-state index in [0.29, 0.717) is 24.3 Å². The van der Waals surface area contributed by atoms with Crippen LogP contribution in [0.15, 0.2) is 54.9 Å². The molecule has 6 rings (SSSR count). The van der Waals surface area contributed by atoms with Gasteiger partial charge in [-0.15, -0.1) is 0 Å². The number of carbonyl (C=O) groups is 3. The van der Waals surface area contributed by atoms with Crippen molar-refractivity contribution in [3.8, 4) is 0 Å². The maximum absolute atomic E-state index is 13.2. The van der Waals surface area contributed by atoms with Gasteiger partial charge < -0.3 is 19.9 Å². The lowest BCUT2D eigenvalue weighted by atomic mass is 9.79. The first-order chi connectivity index (χ1) is 18.3. The fraction of sp³-hybridized carbons (Fsp3) is 0.267. The number of anilines is 2. The van der Waals surface area contributed by atoms with Gasteiger partial charge >= 0.3 is 5.97 Å². The Bertz CT molecular complexity index is 1650. The van der Waals surface area contributed by atoms with Crippen LogP contribution in [-0.2, 0) is 50.3 Å². The van der Waals surface area contributed by atoms with Crippen molar-refractivity contribution in [2.24, 2.45) is 0 Å². The predicted octanol–water partition coefficient (Wildman–Crippen LogP) is 4.00. The van der Waals surface area contributed by atoms with E-state index >= 15 is 0 Å². The summed E-state index contributed by atoms with van der Waals surface area (Å²) in [6.45, 7) is 4.13. The highest BCUT2D eigenvalue weighted by Gasteiger charge is 2.51. The van der Waals surface area contributed by atoms with Crippen LogP contribution in [-0.4, -0.2) is 34.4 Å². The van der Waals surface area contributed by atoms with Crippen LogP contribution < -0.4 is 10.6 Å². The summed E-state index contributed by atoms with van der Waals surface area (Å²) in [6, 6.07) is 13.8. The quantitative estimate of drug-likeness (QED) is 0.397. The Morgan fingerprint density at radius 3 is 2.76 bits per heavy atom. The first-order valence-corrected chi connectivity index (χ1v) is 12.6. The first kappa shape index (κ1) is 23.9. The molecule has 2 aromatic heterocycles. The second-order valence-electron chi connectivity index (χ2n) is 10.3.